The molecule has 94 valence electrons. The molecule has 0 bridgehead atoms. The first-order chi connectivity index (χ1) is 7.90. The van der Waals surface area contributed by atoms with Crippen molar-refractivity contribution in [1.82, 2.24) is 4.90 Å². The Kier molecular flexibility index (Phi) is 4.87. The lowest BCUT2D eigenvalue weighted by Crippen LogP contribution is -2.32. The van der Waals surface area contributed by atoms with Crippen LogP contribution in [0.25, 0.3) is 0 Å². The summed E-state index contributed by atoms with van der Waals surface area (Å²) in [5.74, 6) is -2.03. The van der Waals surface area contributed by atoms with Crippen molar-refractivity contribution in [2.45, 2.75) is 18.7 Å². The summed E-state index contributed by atoms with van der Waals surface area (Å²) in [5, 5.41) is -0.145. The van der Waals surface area contributed by atoms with Crippen LogP contribution in [0.4, 0.5) is 8.78 Å². The van der Waals surface area contributed by atoms with Crippen LogP contribution in [0.2, 0.25) is 0 Å². The van der Waals surface area contributed by atoms with Crippen LogP contribution in [0, 0.1) is 11.6 Å². The van der Waals surface area contributed by atoms with E-state index in [-0.39, 0.29) is 17.7 Å². The van der Waals surface area contributed by atoms with Gasteiger partial charge in [-0.1, -0.05) is 6.07 Å². The largest absolute Gasteiger partial charge is 0.344 e. The van der Waals surface area contributed by atoms with Crippen molar-refractivity contribution < 1.29 is 13.6 Å². The molecule has 1 amide bonds. The minimum absolute atomic E-state index is 0.0390. The van der Waals surface area contributed by atoms with Gasteiger partial charge in [-0.3, -0.25) is 4.79 Å². The van der Waals surface area contributed by atoms with Gasteiger partial charge in [0.1, 0.15) is 0 Å². The summed E-state index contributed by atoms with van der Waals surface area (Å²) < 4.78 is 25.6. The number of hydrogen-bond donors (Lipinski definition) is 0. The SMILES string of the molecule is CC(Cl)CN(C)C(=O)Cc1ccc(F)c(F)c1. The Bertz CT molecular complexity index is 409. The number of carbonyl (C=O) groups excluding carboxylic acids is 1. The third-order valence-electron chi connectivity index (χ3n) is 2.29. The first kappa shape index (κ1) is 13.9. The number of halogens is 3. The molecular formula is C12H14ClF2NO. The molecule has 17 heavy (non-hydrogen) atoms. The highest BCUT2D eigenvalue weighted by molar-refractivity contribution is 6.20. The lowest BCUT2D eigenvalue weighted by Gasteiger charge is -2.18. The third-order valence-corrected chi connectivity index (χ3v) is 2.43. The molecule has 0 aliphatic heterocycles. The smallest absolute Gasteiger partial charge is 0.226 e. The summed E-state index contributed by atoms with van der Waals surface area (Å²) in [6.45, 7) is 2.20. The highest BCUT2D eigenvalue weighted by Gasteiger charge is 2.12. The molecule has 0 spiro atoms. The van der Waals surface area contributed by atoms with Gasteiger partial charge in [0.05, 0.1) is 6.42 Å². The van der Waals surface area contributed by atoms with E-state index in [0.29, 0.717) is 12.1 Å². The molecule has 0 heterocycles. The molecule has 5 heteroatoms. The van der Waals surface area contributed by atoms with Crippen LogP contribution in [0.1, 0.15) is 12.5 Å². The van der Waals surface area contributed by atoms with Gasteiger partial charge in [-0.25, -0.2) is 8.78 Å². The summed E-state index contributed by atoms with van der Waals surface area (Å²) >= 11 is 5.76. The fourth-order valence-electron chi connectivity index (χ4n) is 1.44. The minimum atomic E-state index is -0.941. The quantitative estimate of drug-likeness (QED) is 0.763. The van der Waals surface area contributed by atoms with Gasteiger partial charge >= 0.3 is 0 Å². The van der Waals surface area contributed by atoms with E-state index >= 15 is 0 Å². The van der Waals surface area contributed by atoms with Crippen molar-refractivity contribution in [2.24, 2.45) is 0 Å². The Morgan fingerprint density at radius 3 is 2.59 bits per heavy atom. The summed E-state index contributed by atoms with van der Waals surface area (Å²) in [4.78, 5) is 13.2. The molecule has 1 aromatic rings. The summed E-state index contributed by atoms with van der Waals surface area (Å²) in [5.41, 5.74) is 0.447. The highest BCUT2D eigenvalue weighted by atomic mass is 35.5. The van der Waals surface area contributed by atoms with Crippen LogP contribution in [-0.2, 0) is 11.2 Å². The van der Waals surface area contributed by atoms with Crippen molar-refractivity contribution in [3.05, 3.63) is 35.4 Å². The maximum atomic E-state index is 12.9. The van der Waals surface area contributed by atoms with Crippen molar-refractivity contribution in [3.63, 3.8) is 0 Å². The number of likely N-dealkylation sites (N-methyl/N-ethyl adjacent to an activating group) is 1. The highest BCUT2D eigenvalue weighted by Crippen LogP contribution is 2.10. The second-order valence-electron chi connectivity index (χ2n) is 3.98. The Hall–Kier alpha value is -1.16. The Labute approximate surface area is 104 Å². The predicted octanol–water partition coefficient (Wildman–Crippen LogP) is 2.59. The van der Waals surface area contributed by atoms with Gasteiger partial charge in [0.25, 0.3) is 0 Å². The standard InChI is InChI=1S/C12H14ClF2NO/c1-8(13)7-16(2)12(17)6-9-3-4-10(14)11(15)5-9/h3-5,8H,6-7H2,1-2H3. The molecule has 1 unspecified atom stereocenters. The lowest BCUT2D eigenvalue weighted by molar-refractivity contribution is -0.129. The molecule has 0 aliphatic rings. The van der Waals surface area contributed by atoms with E-state index in [0.717, 1.165) is 12.1 Å². The number of hydrogen-bond acceptors (Lipinski definition) is 1. The third kappa shape index (κ3) is 4.30. The average molecular weight is 262 g/mol. The molecule has 2 nitrogen and oxygen atoms in total. The molecular weight excluding hydrogens is 248 g/mol. The molecule has 1 rings (SSSR count). The topological polar surface area (TPSA) is 20.3 Å². The number of carbonyl (C=O) groups is 1. The van der Waals surface area contributed by atoms with Crippen LogP contribution >= 0.6 is 11.6 Å². The van der Waals surface area contributed by atoms with Gasteiger partial charge in [0.15, 0.2) is 11.6 Å². The van der Waals surface area contributed by atoms with Gasteiger partial charge < -0.3 is 4.90 Å². The molecule has 0 radical (unpaired) electrons. The normalized spacial score (nSPS) is 12.3. The van der Waals surface area contributed by atoms with Gasteiger partial charge in [-0.2, -0.15) is 0 Å². The number of alkyl halides is 1. The average Bonchev–Trinajstić information content (AvgIpc) is 2.22. The molecule has 0 fully saturated rings. The van der Waals surface area contributed by atoms with Crippen molar-refractivity contribution >= 4 is 17.5 Å². The van der Waals surface area contributed by atoms with Crippen LogP contribution in [-0.4, -0.2) is 29.8 Å². The fourth-order valence-corrected chi connectivity index (χ4v) is 1.65. The zero-order valence-electron chi connectivity index (χ0n) is 9.71. The molecule has 0 aliphatic carbocycles. The number of nitrogens with zero attached hydrogens (tertiary/aromatic N) is 1. The van der Waals surface area contributed by atoms with Crippen molar-refractivity contribution in [3.8, 4) is 0 Å². The molecule has 1 atom stereocenters. The monoisotopic (exact) mass is 261 g/mol. The summed E-state index contributed by atoms with van der Waals surface area (Å²) in [7, 11) is 1.63. The van der Waals surface area contributed by atoms with E-state index < -0.39 is 11.6 Å². The van der Waals surface area contributed by atoms with Gasteiger partial charge in [-0.15, -0.1) is 11.6 Å². The van der Waals surface area contributed by atoms with E-state index in [4.69, 9.17) is 11.6 Å². The van der Waals surface area contributed by atoms with Crippen LogP contribution in [0.3, 0.4) is 0 Å². The van der Waals surface area contributed by atoms with E-state index in [1.807, 2.05) is 0 Å². The second-order valence-corrected chi connectivity index (χ2v) is 4.73. The van der Waals surface area contributed by atoms with Gasteiger partial charge in [0, 0.05) is 19.0 Å². The first-order valence-corrected chi connectivity index (χ1v) is 5.65. The molecule has 1 aromatic carbocycles. The lowest BCUT2D eigenvalue weighted by atomic mass is 10.1. The Morgan fingerprint density at radius 1 is 1.41 bits per heavy atom. The predicted molar refractivity (Wildman–Crippen MR) is 63.0 cm³/mol. The van der Waals surface area contributed by atoms with Gasteiger partial charge in [-0.05, 0) is 24.6 Å². The zero-order chi connectivity index (χ0) is 13.0. The second kappa shape index (κ2) is 5.96. The van der Waals surface area contributed by atoms with Crippen molar-refractivity contribution in [1.29, 1.82) is 0 Å². The Balaban J connectivity index is 2.64. The van der Waals surface area contributed by atoms with Gasteiger partial charge in [0.2, 0.25) is 5.91 Å². The summed E-state index contributed by atoms with van der Waals surface area (Å²) in [6.07, 6.45) is 0.0390. The van der Waals surface area contributed by atoms with E-state index in [2.05, 4.69) is 0 Å². The summed E-state index contributed by atoms with van der Waals surface area (Å²) in [6, 6.07) is 3.45. The number of rotatable bonds is 4. The molecule has 0 saturated heterocycles. The number of benzene rings is 1. The first-order valence-electron chi connectivity index (χ1n) is 5.22. The minimum Gasteiger partial charge on any atom is -0.344 e. The maximum absolute atomic E-state index is 12.9. The van der Waals surface area contributed by atoms with Crippen LogP contribution in [0.15, 0.2) is 18.2 Å². The number of amides is 1. The van der Waals surface area contributed by atoms with Crippen LogP contribution in [0.5, 0.6) is 0 Å². The van der Waals surface area contributed by atoms with Crippen LogP contribution < -0.4 is 0 Å². The van der Waals surface area contributed by atoms with Crippen molar-refractivity contribution in [2.75, 3.05) is 13.6 Å². The van der Waals surface area contributed by atoms with E-state index in [1.165, 1.54) is 11.0 Å². The molecule has 0 saturated carbocycles. The van der Waals surface area contributed by atoms with E-state index in [1.54, 1.807) is 14.0 Å². The molecule has 0 aromatic heterocycles. The zero-order valence-corrected chi connectivity index (χ0v) is 10.5. The van der Waals surface area contributed by atoms with E-state index in [9.17, 15) is 13.6 Å². The maximum Gasteiger partial charge on any atom is 0.226 e. The Morgan fingerprint density at radius 2 is 2.06 bits per heavy atom. The fraction of sp³-hybridized carbons (Fsp3) is 0.417. The molecule has 0 N–H and O–H groups in total.